The second-order valence-electron chi connectivity index (χ2n) is 19.1. The second-order valence-corrected chi connectivity index (χ2v) is 19.1. The number of hydrogen-bond acceptors (Lipinski definition) is 3. The first kappa shape index (κ1) is 57.9. The number of hydrogen-bond donors (Lipinski definition) is 0. The van der Waals surface area contributed by atoms with Crippen LogP contribution in [-0.4, -0.2) is 73.3 Å². The van der Waals surface area contributed by atoms with Crippen LogP contribution in [0.15, 0.2) is 0 Å². The van der Waals surface area contributed by atoms with Crippen molar-refractivity contribution in [3.8, 4) is 0 Å². The van der Waals surface area contributed by atoms with Gasteiger partial charge in [-0.1, -0.05) is 233 Å². The third-order valence-corrected chi connectivity index (χ3v) is 13.0. The van der Waals surface area contributed by atoms with E-state index in [1.165, 1.54) is 251 Å². The van der Waals surface area contributed by atoms with Crippen LogP contribution in [-0.2, 0) is 9.59 Å². The first-order valence-electron chi connectivity index (χ1n) is 27.2. The third kappa shape index (κ3) is 43.3. The summed E-state index contributed by atoms with van der Waals surface area (Å²) in [5.41, 5.74) is 0. The first-order valence-corrected chi connectivity index (χ1v) is 27.2. The van der Waals surface area contributed by atoms with Gasteiger partial charge in [-0.25, -0.2) is 0 Å². The second kappa shape index (κ2) is 47.9. The molecule has 0 heterocycles. The van der Waals surface area contributed by atoms with Gasteiger partial charge in [0.15, 0.2) is 0 Å². The van der Waals surface area contributed by atoms with Gasteiger partial charge in [0.1, 0.15) is 0 Å². The highest BCUT2D eigenvalue weighted by Gasteiger charge is 2.13. The van der Waals surface area contributed by atoms with E-state index in [0.717, 1.165) is 51.7 Å². The summed E-state index contributed by atoms with van der Waals surface area (Å²) in [7, 11) is 4.28. The van der Waals surface area contributed by atoms with E-state index in [9.17, 15) is 9.59 Å². The number of unbranched alkanes of at least 4 members (excludes halogenated alkanes) is 35. The van der Waals surface area contributed by atoms with Crippen LogP contribution < -0.4 is 0 Å². The first-order chi connectivity index (χ1) is 29.0. The van der Waals surface area contributed by atoms with Gasteiger partial charge in [-0.05, 0) is 65.1 Å². The number of rotatable bonds is 49. The van der Waals surface area contributed by atoms with Crippen LogP contribution in [0.2, 0.25) is 0 Å². The van der Waals surface area contributed by atoms with Crippen LogP contribution in [0, 0.1) is 0 Å². The van der Waals surface area contributed by atoms with Crippen molar-refractivity contribution in [2.24, 2.45) is 0 Å². The van der Waals surface area contributed by atoms with Gasteiger partial charge in [0.05, 0.1) is 0 Å². The molecule has 0 aromatic rings. The van der Waals surface area contributed by atoms with Crippen molar-refractivity contribution in [1.82, 2.24) is 14.7 Å². The van der Waals surface area contributed by atoms with E-state index < -0.39 is 0 Å². The number of carbonyl (C=O) groups is 2. The van der Waals surface area contributed by atoms with Crippen molar-refractivity contribution >= 4 is 11.8 Å². The molecule has 0 rings (SSSR count). The molecule has 0 atom stereocenters. The zero-order valence-electron chi connectivity index (χ0n) is 41.4. The van der Waals surface area contributed by atoms with Crippen LogP contribution in [0.5, 0.6) is 0 Å². The van der Waals surface area contributed by atoms with Crippen molar-refractivity contribution in [2.45, 2.75) is 290 Å². The molecule has 0 aliphatic carbocycles. The maximum atomic E-state index is 13.3. The van der Waals surface area contributed by atoms with Gasteiger partial charge in [-0.15, -0.1) is 0 Å². The molecule has 0 aromatic heterocycles. The maximum absolute atomic E-state index is 13.3. The molecular formula is C54H109N3O2. The van der Waals surface area contributed by atoms with Crippen LogP contribution in [0.3, 0.4) is 0 Å². The molecule has 0 N–H and O–H groups in total. The minimum absolute atomic E-state index is 0.344. The maximum Gasteiger partial charge on any atom is 0.222 e. The Hall–Kier alpha value is -1.10. The summed E-state index contributed by atoms with van der Waals surface area (Å²) in [5, 5.41) is 0. The van der Waals surface area contributed by atoms with Gasteiger partial charge in [0.25, 0.3) is 0 Å². The molecule has 0 aromatic carbocycles. The normalized spacial score (nSPS) is 11.6. The summed E-state index contributed by atoms with van der Waals surface area (Å²) in [5.74, 6) is 0.765. The van der Waals surface area contributed by atoms with Crippen molar-refractivity contribution in [3.05, 3.63) is 0 Å². The number of nitrogens with zero attached hydrogens (tertiary/aromatic N) is 3. The fourth-order valence-corrected chi connectivity index (χ4v) is 8.74. The smallest absolute Gasteiger partial charge is 0.222 e. The molecule has 0 bridgehead atoms. The van der Waals surface area contributed by atoms with Crippen LogP contribution >= 0.6 is 0 Å². The summed E-state index contributed by atoms with van der Waals surface area (Å²) < 4.78 is 0. The Morgan fingerprint density at radius 1 is 0.271 bits per heavy atom. The van der Waals surface area contributed by atoms with Crippen LogP contribution in [0.1, 0.15) is 290 Å². The fourth-order valence-electron chi connectivity index (χ4n) is 8.74. The highest BCUT2D eigenvalue weighted by Crippen LogP contribution is 2.16. The molecule has 0 spiro atoms. The lowest BCUT2D eigenvalue weighted by molar-refractivity contribution is -0.131. The molecule has 0 radical (unpaired) electrons. The lowest BCUT2D eigenvalue weighted by atomic mass is 10.0. The largest absolute Gasteiger partial charge is 0.346 e. The monoisotopic (exact) mass is 832 g/mol. The summed E-state index contributed by atoms with van der Waals surface area (Å²) in [6.07, 6.45) is 54.1. The molecule has 0 aliphatic heterocycles. The van der Waals surface area contributed by atoms with Gasteiger partial charge in [-0.3, -0.25) is 9.59 Å². The minimum Gasteiger partial charge on any atom is -0.346 e. The van der Waals surface area contributed by atoms with E-state index in [1.54, 1.807) is 0 Å². The van der Waals surface area contributed by atoms with E-state index >= 15 is 0 Å². The number of carbonyl (C=O) groups excluding carboxylic acids is 2. The van der Waals surface area contributed by atoms with Crippen molar-refractivity contribution in [1.29, 1.82) is 0 Å². The predicted molar refractivity (Wildman–Crippen MR) is 263 cm³/mol. The molecule has 0 unspecified atom stereocenters. The molecule has 0 aliphatic rings. The number of amides is 2. The molecule has 352 valence electrons. The van der Waals surface area contributed by atoms with Crippen molar-refractivity contribution in [3.63, 3.8) is 0 Å². The molecular weight excluding hydrogens is 723 g/mol. The third-order valence-electron chi connectivity index (χ3n) is 13.0. The highest BCUT2D eigenvalue weighted by molar-refractivity contribution is 5.76. The van der Waals surface area contributed by atoms with Gasteiger partial charge in [-0.2, -0.15) is 0 Å². The Morgan fingerprint density at radius 2 is 0.508 bits per heavy atom. The summed E-state index contributed by atoms with van der Waals surface area (Å²) >= 11 is 0. The molecule has 5 nitrogen and oxygen atoms in total. The highest BCUT2D eigenvalue weighted by atomic mass is 16.2. The van der Waals surface area contributed by atoms with Gasteiger partial charge < -0.3 is 14.7 Å². The van der Waals surface area contributed by atoms with Crippen molar-refractivity contribution in [2.75, 3.05) is 46.8 Å². The molecule has 2 amide bonds. The standard InChI is InChI=1S/C54H109N3O2/c1-6-9-12-15-18-21-22-23-24-25-26-27-36-43-50-56(5)53(58)46-39-32-30-34-41-48-55(4)49-42-35-31-33-40-47-54(59)57(51-44-37-28-19-16-13-10-7-2)52-45-38-29-20-17-14-11-8-3/h6-52H2,1-5H3. The fraction of sp³-hybridized carbons (Fsp3) is 0.963. The predicted octanol–water partition coefficient (Wildman–Crippen LogP) is 16.6. The quantitative estimate of drug-likeness (QED) is 0.0574. The van der Waals surface area contributed by atoms with E-state index in [0.29, 0.717) is 11.8 Å². The lowest BCUT2D eigenvalue weighted by Gasteiger charge is -2.23. The molecule has 0 saturated heterocycles. The molecule has 5 heteroatoms. The van der Waals surface area contributed by atoms with E-state index in [4.69, 9.17) is 0 Å². The van der Waals surface area contributed by atoms with E-state index in [-0.39, 0.29) is 0 Å². The Balaban J connectivity index is 3.84. The zero-order valence-corrected chi connectivity index (χ0v) is 41.4. The molecule has 0 saturated carbocycles. The average molecular weight is 832 g/mol. The lowest BCUT2D eigenvalue weighted by Crippen LogP contribution is -2.32. The Kier molecular flexibility index (Phi) is 47.0. The van der Waals surface area contributed by atoms with Crippen LogP contribution in [0.25, 0.3) is 0 Å². The summed E-state index contributed by atoms with van der Waals surface area (Å²) in [4.78, 5) is 32.6. The summed E-state index contributed by atoms with van der Waals surface area (Å²) in [6.45, 7) is 12.1. The molecule has 0 fully saturated rings. The average Bonchev–Trinajstić information content (AvgIpc) is 3.23. The summed E-state index contributed by atoms with van der Waals surface area (Å²) in [6, 6.07) is 0. The zero-order chi connectivity index (χ0) is 43.1. The van der Waals surface area contributed by atoms with E-state index in [1.807, 2.05) is 11.9 Å². The van der Waals surface area contributed by atoms with Gasteiger partial charge >= 0.3 is 0 Å². The molecule has 59 heavy (non-hydrogen) atoms. The van der Waals surface area contributed by atoms with Crippen molar-refractivity contribution < 1.29 is 9.59 Å². The van der Waals surface area contributed by atoms with Gasteiger partial charge in [0.2, 0.25) is 11.8 Å². The Labute approximate surface area is 372 Å². The SMILES string of the molecule is CCCCCCCCCCCCCCCCN(C)C(=O)CCCCCCCN(C)CCCCCCCC(=O)N(CCCCCCCCCC)CCCCCCCCCC. The van der Waals surface area contributed by atoms with Crippen LogP contribution in [0.4, 0.5) is 0 Å². The Morgan fingerprint density at radius 3 is 0.831 bits per heavy atom. The topological polar surface area (TPSA) is 43.9 Å². The minimum atomic E-state index is 0.344. The van der Waals surface area contributed by atoms with E-state index in [2.05, 4.69) is 37.6 Å². The Bertz CT molecular complexity index is 829. The van der Waals surface area contributed by atoms with Gasteiger partial charge in [0, 0.05) is 39.5 Å².